The van der Waals surface area contributed by atoms with Crippen molar-refractivity contribution in [3.05, 3.63) is 25.7 Å². The number of carbonyl (C=O) groups is 1. The minimum absolute atomic E-state index is 0.0345. The van der Waals surface area contributed by atoms with Crippen LogP contribution >= 0.6 is 34.7 Å². The molecule has 0 aromatic carbocycles. The Morgan fingerprint density at radius 1 is 1.64 bits per heavy atom. The van der Waals surface area contributed by atoms with Crippen LogP contribution in [0.15, 0.2) is 11.3 Å². The lowest BCUT2D eigenvalue weighted by molar-refractivity contribution is -0.485. The summed E-state index contributed by atoms with van der Waals surface area (Å²) in [4.78, 5) is 28.5. The van der Waals surface area contributed by atoms with Gasteiger partial charge in [-0.25, -0.2) is 24.8 Å². The number of hydrogen-bond donors (Lipinski definition) is 0. The molecule has 1 aromatic heterocycles. The van der Waals surface area contributed by atoms with E-state index in [0.717, 1.165) is 16.7 Å². The van der Waals surface area contributed by atoms with Gasteiger partial charge in [0, 0.05) is 11.1 Å². The average Bonchev–Trinajstić information content (AvgIpc) is 2.76. The molecule has 0 atom stereocenters. The van der Waals surface area contributed by atoms with Gasteiger partial charge < -0.3 is 4.74 Å². The van der Waals surface area contributed by atoms with Gasteiger partial charge in [0.1, 0.15) is 5.60 Å². The number of thioether (sulfide) groups is 1. The summed E-state index contributed by atoms with van der Waals surface area (Å²) in [6, 6.07) is 0. The number of amidine groups is 1. The lowest BCUT2D eigenvalue weighted by Crippen LogP contribution is -2.39. The van der Waals surface area contributed by atoms with Crippen LogP contribution in [-0.2, 0) is 11.3 Å². The summed E-state index contributed by atoms with van der Waals surface area (Å²) in [5.41, 5.74) is -0.737. The van der Waals surface area contributed by atoms with Crippen LogP contribution < -0.4 is 0 Å². The van der Waals surface area contributed by atoms with Crippen LogP contribution in [0.1, 0.15) is 25.6 Å². The standard InChI is InChI=1S/C11H15ClN4O4S2/c1-11(2,3)20-10(17)15(9(21-4)14-16(18)19)6-7-5-13-8(12)22-7/h5H,6H2,1-4H3. The Kier molecular flexibility index (Phi) is 6.57. The Bertz CT molecular complexity index is 585. The van der Waals surface area contributed by atoms with E-state index in [9.17, 15) is 14.9 Å². The molecule has 11 heteroatoms. The Hall–Kier alpha value is -1.39. The fourth-order valence-corrected chi connectivity index (χ4v) is 2.79. The van der Waals surface area contributed by atoms with E-state index in [1.807, 2.05) is 0 Å². The number of nitro groups is 1. The minimum atomic E-state index is -0.858. The smallest absolute Gasteiger partial charge is 0.416 e. The van der Waals surface area contributed by atoms with E-state index < -0.39 is 16.7 Å². The zero-order chi connectivity index (χ0) is 16.9. The fraction of sp³-hybridized carbons (Fsp3) is 0.545. The van der Waals surface area contributed by atoms with Crippen LogP contribution in [0.4, 0.5) is 4.79 Å². The summed E-state index contributed by atoms with van der Waals surface area (Å²) in [6.45, 7) is 5.15. The number of rotatable bonds is 3. The molecular formula is C11H15ClN4O4S2. The highest BCUT2D eigenvalue weighted by Gasteiger charge is 2.28. The normalized spacial score (nSPS) is 12.1. The molecule has 0 aliphatic rings. The number of ether oxygens (including phenoxy) is 1. The Balaban J connectivity index is 3.08. The zero-order valence-electron chi connectivity index (χ0n) is 12.4. The third-order valence-corrected chi connectivity index (χ3v) is 3.80. The molecule has 0 saturated carbocycles. The van der Waals surface area contributed by atoms with Gasteiger partial charge in [0.25, 0.3) is 0 Å². The van der Waals surface area contributed by atoms with Crippen LogP contribution in [0.25, 0.3) is 0 Å². The van der Waals surface area contributed by atoms with Crippen molar-refractivity contribution in [2.45, 2.75) is 32.9 Å². The number of aromatic nitrogens is 1. The number of halogens is 1. The highest BCUT2D eigenvalue weighted by molar-refractivity contribution is 8.13. The first kappa shape index (κ1) is 18.7. The number of carbonyl (C=O) groups excluding carboxylic acids is 1. The van der Waals surface area contributed by atoms with Crippen molar-refractivity contribution in [1.82, 2.24) is 9.88 Å². The summed E-state index contributed by atoms with van der Waals surface area (Å²) in [5, 5.41) is 12.9. The van der Waals surface area contributed by atoms with Crippen molar-refractivity contribution >= 4 is 46.0 Å². The lowest BCUT2D eigenvalue weighted by Gasteiger charge is -2.26. The van der Waals surface area contributed by atoms with E-state index in [4.69, 9.17) is 16.3 Å². The summed E-state index contributed by atoms with van der Waals surface area (Å²) in [5.74, 6) is 0. The lowest BCUT2D eigenvalue weighted by atomic mass is 10.2. The number of amides is 1. The van der Waals surface area contributed by atoms with Gasteiger partial charge >= 0.3 is 6.09 Å². The van der Waals surface area contributed by atoms with Gasteiger partial charge in [0.15, 0.2) is 9.50 Å². The SMILES string of the molecule is CSC(=N[N+](=O)[O-])N(Cc1cnc(Cl)s1)C(=O)OC(C)(C)C. The molecule has 0 aliphatic heterocycles. The largest absolute Gasteiger partial charge is 0.443 e. The fourth-order valence-electron chi connectivity index (χ4n) is 1.31. The highest BCUT2D eigenvalue weighted by Crippen LogP contribution is 2.22. The van der Waals surface area contributed by atoms with Gasteiger partial charge in [-0.15, -0.1) is 11.3 Å². The molecule has 0 aliphatic carbocycles. The first-order chi connectivity index (χ1) is 10.1. The van der Waals surface area contributed by atoms with Gasteiger partial charge in [-0.2, -0.15) is 0 Å². The van der Waals surface area contributed by atoms with Gasteiger partial charge in [-0.1, -0.05) is 23.4 Å². The Labute approximate surface area is 140 Å². The van der Waals surface area contributed by atoms with Gasteiger partial charge in [0.05, 0.1) is 11.6 Å². The Morgan fingerprint density at radius 2 is 2.27 bits per heavy atom. The van der Waals surface area contributed by atoms with Gasteiger partial charge in [-0.3, -0.25) is 0 Å². The Morgan fingerprint density at radius 3 is 2.68 bits per heavy atom. The molecule has 0 unspecified atom stereocenters. The van der Waals surface area contributed by atoms with E-state index in [1.54, 1.807) is 27.0 Å². The third kappa shape index (κ3) is 6.16. The van der Waals surface area contributed by atoms with E-state index in [-0.39, 0.29) is 11.7 Å². The van der Waals surface area contributed by atoms with E-state index >= 15 is 0 Å². The van der Waals surface area contributed by atoms with Crippen molar-refractivity contribution in [2.24, 2.45) is 5.10 Å². The predicted molar refractivity (Wildman–Crippen MR) is 86.8 cm³/mol. The molecule has 0 N–H and O–H groups in total. The molecule has 1 heterocycles. The average molecular weight is 367 g/mol. The molecule has 8 nitrogen and oxygen atoms in total. The number of nitrogens with zero attached hydrogens (tertiary/aromatic N) is 4. The molecule has 0 radical (unpaired) electrons. The summed E-state index contributed by atoms with van der Waals surface area (Å²) >= 11 is 7.90. The molecule has 0 bridgehead atoms. The molecule has 0 spiro atoms. The summed E-state index contributed by atoms with van der Waals surface area (Å²) < 4.78 is 5.58. The molecule has 22 heavy (non-hydrogen) atoms. The molecular weight excluding hydrogens is 352 g/mol. The van der Waals surface area contributed by atoms with E-state index in [2.05, 4.69) is 10.1 Å². The van der Waals surface area contributed by atoms with Crippen molar-refractivity contribution in [3.63, 3.8) is 0 Å². The molecule has 1 aromatic rings. The van der Waals surface area contributed by atoms with Crippen molar-refractivity contribution in [1.29, 1.82) is 0 Å². The maximum Gasteiger partial charge on any atom is 0.416 e. The second-order valence-electron chi connectivity index (χ2n) is 4.97. The van der Waals surface area contributed by atoms with Crippen LogP contribution in [0.2, 0.25) is 4.47 Å². The first-order valence-electron chi connectivity index (χ1n) is 6.00. The van der Waals surface area contributed by atoms with E-state index in [1.165, 1.54) is 17.5 Å². The molecule has 0 saturated heterocycles. The van der Waals surface area contributed by atoms with Gasteiger partial charge in [-0.05, 0) is 27.0 Å². The highest BCUT2D eigenvalue weighted by atomic mass is 35.5. The monoisotopic (exact) mass is 366 g/mol. The van der Waals surface area contributed by atoms with Crippen LogP contribution in [0.3, 0.4) is 0 Å². The number of thiazole rings is 1. The van der Waals surface area contributed by atoms with Crippen LogP contribution in [0.5, 0.6) is 0 Å². The van der Waals surface area contributed by atoms with Crippen molar-refractivity contribution < 1.29 is 14.6 Å². The topological polar surface area (TPSA) is 97.9 Å². The molecule has 1 rings (SSSR count). The van der Waals surface area contributed by atoms with Crippen LogP contribution in [-0.4, -0.2) is 38.0 Å². The number of hydrazone groups is 1. The summed E-state index contributed by atoms with van der Waals surface area (Å²) in [7, 11) is 0. The molecule has 122 valence electrons. The second kappa shape index (κ2) is 7.75. The van der Waals surface area contributed by atoms with Crippen molar-refractivity contribution in [2.75, 3.05) is 6.26 Å². The van der Waals surface area contributed by atoms with Gasteiger partial charge in [0.2, 0.25) is 5.17 Å². The maximum absolute atomic E-state index is 12.3. The molecule has 0 fully saturated rings. The maximum atomic E-state index is 12.3. The first-order valence-corrected chi connectivity index (χ1v) is 8.42. The van der Waals surface area contributed by atoms with Crippen molar-refractivity contribution in [3.8, 4) is 0 Å². The summed E-state index contributed by atoms with van der Waals surface area (Å²) in [6.07, 6.45) is 2.35. The quantitative estimate of drug-likeness (QED) is 0.351. The van der Waals surface area contributed by atoms with Crippen LogP contribution in [0, 0.1) is 10.1 Å². The predicted octanol–water partition coefficient (Wildman–Crippen LogP) is 3.44. The third-order valence-electron chi connectivity index (χ3n) is 2.03. The minimum Gasteiger partial charge on any atom is -0.443 e. The molecule has 1 amide bonds. The number of hydrogen-bond acceptors (Lipinski definition) is 7. The van der Waals surface area contributed by atoms with E-state index in [0.29, 0.717) is 9.34 Å². The zero-order valence-corrected chi connectivity index (χ0v) is 14.8. The second-order valence-corrected chi connectivity index (χ2v) is 7.44.